The van der Waals surface area contributed by atoms with E-state index in [0.717, 1.165) is 16.7 Å². The first-order valence-electron chi connectivity index (χ1n) is 15.2. The van der Waals surface area contributed by atoms with Crippen molar-refractivity contribution in [3.63, 3.8) is 0 Å². The molecule has 10 heteroatoms. The maximum atomic E-state index is 14.5. The first-order valence-corrected chi connectivity index (χ1v) is 15.2. The van der Waals surface area contributed by atoms with Gasteiger partial charge in [-0.25, -0.2) is 9.59 Å². The smallest absolute Gasteiger partial charge is 0.408 e. The fraction of sp³-hybridized carbons (Fsp3) is 0.543. The average Bonchev–Trinajstić information content (AvgIpc) is 2.88. The van der Waals surface area contributed by atoms with Crippen molar-refractivity contribution < 1.29 is 33.8 Å². The molecule has 3 atom stereocenters. The molecule has 2 aromatic carbocycles. The number of alkyl carbamates (subject to hydrolysis) is 1. The van der Waals surface area contributed by atoms with E-state index in [0.29, 0.717) is 5.56 Å². The summed E-state index contributed by atoms with van der Waals surface area (Å²) < 4.78 is 11.0. The third-order valence-electron chi connectivity index (χ3n) is 6.74. The lowest BCUT2D eigenvalue weighted by Gasteiger charge is -2.44. The predicted octanol–water partition coefficient (Wildman–Crippen LogP) is 4.93. The van der Waals surface area contributed by atoms with Crippen molar-refractivity contribution in [2.45, 2.75) is 117 Å². The molecule has 0 saturated carbocycles. The van der Waals surface area contributed by atoms with E-state index >= 15 is 0 Å². The molecule has 248 valence electrons. The second-order valence-corrected chi connectivity index (χ2v) is 14.3. The minimum atomic E-state index is -1.41. The number of carbonyl (C=O) groups excluding carboxylic acids is 4. The van der Waals surface area contributed by atoms with Crippen LogP contribution in [0.25, 0.3) is 0 Å². The highest BCUT2D eigenvalue weighted by Gasteiger charge is 2.44. The molecule has 3 amide bonds. The molecule has 2 aromatic rings. The Labute approximate surface area is 267 Å². The number of benzene rings is 2. The number of aliphatic hydroxyl groups is 1. The van der Waals surface area contributed by atoms with Crippen molar-refractivity contribution in [3.05, 3.63) is 70.8 Å². The summed E-state index contributed by atoms with van der Waals surface area (Å²) in [6.07, 6.45) is -0.728. The molecule has 0 radical (unpaired) electrons. The Morgan fingerprint density at radius 3 is 1.76 bits per heavy atom. The van der Waals surface area contributed by atoms with Crippen molar-refractivity contribution >= 4 is 23.9 Å². The van der Waals surface area contributed by atoms with E-state index in [1.807, 2.05) is 62.4 Å². The van der Waals surface area contributed by atoms with Crippen molar-refractivity contribution in [1.29, 1.82) is 0 Å². The summed E-state index contributed by atoms with van der Waals surface area (Å²) in [5, 5.41) is 15.6. The molecule has 0 aromatic heterocycles. The molecule has 0 bridgehead atoms. The number of rotatable bonds is 10. The minimum Gasteiger partial charge on any atom is -0.458 e. The lowest BCUT2D eigenvalue weighted by molar-refractivity contribution is -0.159. The highest BCUT2D eigenvalue weighted by molar-refractivity contribution is 5.95. The number of esters is 1. The molecule has 0 aliphatic rings. The summed E-state index contributed by atoms with van der Waals surface area (Å²) >= 11 is 0. The Morgan fingerprint density at radius 2 is 1.29 bits per heavy atom. The molecule has 45 heavy (non-hydrogen) atoms. The molecule has 0 aliphatic carbocycles. The van der Waals surface area contributed by atoms with Gasteiger partial charge in [-0.05, 0) is 98.4 Å². The van der Waals surface area contributed by atoms with Gasteiger partial charge in [-0.1, -0.05) is 48.5 Å². The van der Waals surface area contributed by atoms with Crippen LogP contribution in [0.5, 0.6) is 0 Å². The number of carbonyl (C=O) groups is 4. The molecule has 0 spiro atoms. The third-order valence-corrected chi connectivity index (χ3v) is 6.74. The summed E-state index contributed by atoms with van der Waals surface area (Å²) in [6, 6.07) is 11.1. The highest BCUT2D eigenvalue weighted by Crippen LogP contribution is 2.34. The van der Waals surface area contributed by atoms with Gasteiger partial charge >= 0.3 is 12.1 Å². The molecule has 0 heterocycles. The summed E-state index contributed by atoms with van der Waals surface area (Å²) in [7, 11) is 0. The van der Waals surface area contributed by atoms with Gasteiger partial charge in [-0.3, -0.25) is 9.59 Å². The minimum absolute atomic E-state index is 0.157. The largest absolute Gasteiger partial charge is 0.458 e. The fourth-order valence-electron chi connectivity index (χ4n) is 4.95. The SMILES string of the molecule is Cc1cccc(C)c1C(C(=O)NC(Cc1ccccc1)C(=O)OC(C)(C)C)N(C(=O)C(CO)NC(=O)OC(C)(C)C)C(C)(C)C. The molecule has 3 unspecified atom stereocenters. The Morgan fingerprint density at radius 1 is 0.756 bits per heavy atom. The van der Waals surface area contributed by atoms with E-state index in [1.54, 1.807) is 62.3 Å². The van der Waals surface area contributed by atoms with Crippen molar-refractivity contribution in [1.82, 2.24) is 15.5 Å². The van der Waals surface area contributed by atoms with E-state index in [4.69, 9.17) is 9.47 Å². The Bertz CT molecular complexity index is 1320. The van der Waals surface area contributed by atoms with E-state index in [1.165, 1.54) is 4.90 Å². The van der Waals surface area contributed by atoms with E-state index < -0.39 is 65.4 Å². The van der Waals surface area contributed by atoms with Gasteiger partial charge in [0.2, 0.25) is 11.8 Å². The quantitative estimate of drug-likeness (QED) is 0.319. The summed E-state index contributed by atoms with van der Waals surface area (Å²) in [5.74, 6) is -1.93. The zero-order valence-electron chi connectivity index (χ0n) is 28.6. The number of ether oxygens (including phenoxy) is 2. The third kappa shape index (κ3) is 11.2. The maximum absolute atomic E-state index is 14.5. The number of nitrogens with one attached hydrogen (secondary N) is 2. The first kappa shape index (κ1) is 37.3. The second-order valence-electron chi connectivity index (χ2n) is 14.3. The van der Waals surface area contributed by atoms with E-state index in [2.05, 4.69) is 10.6 Å². The molecule has 10 nitrogen and oxygen atoms in total. The van der Waals surface area contributed by atoms with Gasteiger partial charge < -0.3 is 30.1 Å². The molecule has 2 rings (SSSR count). The van der Waals surface area contributed by atoms with Gasteiger partial charge in [0.25, 0.3) is 0 Å². The topological polar surface area (TPSA) is 134 Å². The first-order chi connectivity index (χ1) is 20.6. The zero-order valence-corrected chi connectivity index (χ0v) is 28.6. The van der Waals surface area contributed by atoms with Gasteiger partial charge in [0, 0.05) is 12.0 Å². The van der Waals surface area contributed by atoms with Gasteiger partial charge in [-0.2, -0.15) is 0 Å². The summed E-state index contributed by atoms with van der Waals surface area (Å²) in [6.45, 7) is 18.5. The lowest BCUT2D eigenvalue weighted by Crippen LogP contribution is -2.60. The van der Waals surface area contributed by atoms with Crippen LogP contribution < -0.4 is 10.6 Å². The summed E-state index contributed by atoms with van der Waals surface area (Å²) in [4.78, 5) is 56.3. The van der Waals surface area contributed by atoms with Crippen LogP contribution in [0.15, 0.2) is 48.5 Å². The van der Waals surface area contributed by atoms with Crippen molar-refractivity contribution in [2.75, 3.05) is 6.61 Å². The Hall–Kier alpha value is -3.92. The van der Waals surface area contributed by atoms with Gasteiger partial charge in [0.1, 0.15) is 29.3 Å². The number of amides is 3. The van der Waals surface area contributed by atoms with Crippen molar-refractivity contribution in [3.8, 4) is 0 Å². The zero-order chi connectivity index (χ0) is 34.3. The van der Waals surface area contributed by atoms with Crippen molar-refractivity contribution in [2.24, 2.45) is 0 Å². The normalized spacial score (nSPS) is 14.0. The monoisotopic (exact) mass is 625 g/mol. The number of aryl methyl sites for hydroxylation is 2. The summed E-state index contributed by atoms with van der Waals surface area (Å²) in [5.41, 5.74) is 0.227. The number of aliphatic hydroxyl groups excluding tert-OH is 1. The van der Waals surface area contributed by atoms with Crippen LogP contribution in [0.2, 0.25) is 0 Å². The molecule has 0 saturated heterocycles. The van der Waals surface area contributed by atoms with Crippen LogP contribution in [0.4, 0.5) is 4.79 Å². The molecule has 0 fully saturated rings. The standard InChI is InChI=1S/C35H51N3O7/c1-22-16-15-17-23(2)27(22)28(38(33(3,4)5)30(41)26(21-39)37-32(43)45-35(9,10)11)29(40)36-25(31(42)44-34(6,7)8)20-24-18-13-12-14-19-24/h12-19,25-26,28,39H,20-21H2,1-11H3,(H,36,40)(H,37,43). The Balaban J connectivity index is 2.67. The molecule has 3 N–H and O–H groups in total. The number of hydrogen-bond donors (Lipinski definition) is 3. The predicted molar refractivity (Wildman–Crippen MR) is 173 cm³/mol. The van der Waals surface area contributed by atoms with Crippen LogP contribution in [-0.2, 0) is 30.3 Å². The average molecular weight is 626 g/mol. The molecular formula is C35H51N3O7. The maximum Gasteiger partial charge on any atom is 0.408 e. The molecular weight excluding hydrogens is 574 g/mol. The van der Waals surface area contributed by atoms with Gasteiger partial charge in [-0.15, -0.1) is 0 Å². The van der Waals surface area contributed by atoms with Gasteiger partial charge in [0.05, 0.1) is 6.61 Å². The highest BCUT2D eigenvalue weighted by atomic mass is 16.6. The van der Waals surface area contributed by atoms with Crippen LogP contribution in [0.3, 0.4) is 0 Å². The fourth-order valence-corrected chi connectivity index (χ4v) is 4.95. The Kier molecular flexibility index (Phi) is 12.3. The van der Waals surface area contributed by atoms with Crippen LogP contribution >= 0.6 is 0 Å². The van der Waals surface area contributed by atoms with Gasteiger partial charge in [0.15, 0.2) is 0 Å². The number of hydrogen-bond acceptors (Lipinski definition) is 7. The lowest BCUT2D eigenvalue weighted by atomic mass is 9.90. The number of nitrogens with zero attached hydrogens (tertiary/aromatic N) is 1. The molecule has 0 aliphatic heterocycles. The second kappa shape index (κ2) is 14.9. The van der Waals surface area contributed by atoms with Crippen LogP contribution in [0.1, 0.15) is 90.6 Å². The van der Waals surface area contributed by atoms with Crippen LogP contribution in [0, 0.1) is 13.8 Å². The van der Waals surface area contributed by atoms with E-state index in [9.17, 15) is 24.3 Å². The van der Waals surface area contributed by atoms with E-state index in [-0.39, 0.29) is 6.42 Å². The van der Waals surface area contributed by atoms with Crippen LogP contribution in [-0.4, -0.2) is 69.3 Å².